The lowest BCUT2D eigenvalue weighted by molar-refractivity contribution is -0.151. The van der Waals surface area contributed by atoms with Gasteiger partial charge in [0, 0.05) is 22.4 Å². The smallest absolute Gasteiger partial charge is 0.329 e. The van der Waals surface area contributed by atoms with Gasteiger partial charge in [-0.15, -0.1) is 0 Å². The molecule has 0 spiro atoms. The number of cyclic esters (lactones) is 1. The van der Waals surface area contributed by atoms with Gasteiger partial charge in [-0.1, -0.05) is 29.8 Å². The van der Waals surface area contributed by atoms with Crippen LogP contribution in [-0.2, 0) is 25.7 Å². The summed E-state index contributed by atoms with van der Waals surface area (Å²) < 4.78 is 6.69. The van der Waals surface area contributed by atoms with Gasteiger partial charge in [-0.3, -0.25) is 19.1 Å². The average Bonchev–Trinajstić information content (AvgIpc) is 2.87. The number of carbonyl (C=O) groups is 3. The van der Waals surface area contributed by atoms with Crippen molar-refractivity contribution in [3.05, 3.63) is 69.7 Å². The normalized spacial score (nSPS) is 17.0. The molecule has 0 radical (unpaired) electrons. The van der Waals surface area contributed by atoms with Crippen LogP contribution in [0.15, 0.2) is 42.2 Å². The van der Waals surface area contributed by atoms with Crippen LogP contribution in [0.4, 0.5) is 0 Å². The first-order valence-electron chi connectivity index (χ1n) is 8.71. The number of aromatic nitrogens is 2. The van der Waals surface area contributed by atoms with Crippen LogP contribution in [0.25, 0.3) is 6.08 Å². The molecule has 7 heteroatoms. The Bertz CT molecular complexity index is 1030. The van der Waals surface area contributed by atoms with Gasteiger partial charge in [0.25, 0.3) is 0 Å². The highest BCUT2D eigenvalue weighted by Gasteiger charge is 2.36. The number of rotatable bonds is 5. The number of ether oxygens (including phenoxy) is 1. The Morgan fingerprint density at radius 1 is 1.25 bits per heavy atom. The fourth-order valence-electron chi connectivity index (χ4n) is 3.06. The van der Waals surface area contributed by atoms with E-state index in [1.54, 1.807) is 10.8 Å². The summed E-state index contributed by atoms with van der Waals surface area (Å²) in [7, 11) is 0. The molecule has 0 saturated heterocycles. The Kier molecular flexibility index (Phi) is 5.61. The molecule has 2 heterocycles. The van der Waals surface area contributed by atoms with E-state index >= 15 is 0 Å². The van der Waals surface area contributed by atoms with Crippen molar-refractivity contribution in [3.63, 3.8) is 0 Å². The van der Waals surface area contributed by atoms with Gasteiger partial charge in [-0.25, -0.2) is 0 Å². The fourth-order valence-corrected chi connectivity index (χ4v) is 3.25. The van der Waals surface area contributed by atoms with Gasteiger partial charge in [0.15, 0.2) is 17.5 Å². The number of benzene rings is 1. The zero-order valence-corrected chi connectivity index (χ0v) is 16.5. The molecule has 1 atom stereocenters. The highest BCUT2D eigenvalue weighted by Crippen LogP contribution is 2.21. The van der Waals surface area contributed by atoms with Crippen LogP contribution < -0.4 is 0 Å². The molecule has 1 unspecified atom stereocenters. The molecule has 144 valence electrons. The van der Waals surface area contributed by atoms with E-state index in [1.165, 1.54) is 13.0 Å². The summed E-state index contributed by atoms with van der Waals surface area (Å²) in [6.07, 6.45) is 3.97. The van der Waals surface area contributed by atoms with Crippen LogP contribution in [-0.4, -0.2) is 27.3 Å². The van der Waals surface area contributed by atoms with Crippen molar-refractivity contribution in [2.45, 2.75) is 27.3 Å². The van der Waals surface area contributed by atoms with Crippen LogP contribution in [0, 0.1) is 19.8 Å². The van der Waals surface area contributed by atoms with Gasteiger partial charge >= 0.3 is 5.97 Å². The highest BCUT2D eigenvalue weighted by atomic mass is 35.5. The summed E-state index contributed by atoms with van der Waals surface area (Å²) in [5, 5.41) is 5.16. The second-order valence-corrected chi connectivity index (χ2v) is 6.99. The number of hydrogen-bond acceptors (Lipinski definition) is 5. The van der Waals surface area contributed by atoms with Gasteiger partial charge in [0.1, 0.15) is 5.76 Å². The predicted molar refractivity (Wildman–Crippen MR) is 105 cm³/mol. The SMILES string of the molecule is CC1=CC(=O)C(C(=O)/C=C/c2c(C)nn(Cc3ccccc3Cl)c2C)C(=O)O1. The Hall–Kier alpha value is -2.99. The summed E-state index contributed by atoms with van der Waals surface area (Å²) in [5.41, 5.74) is 3.25. The number of halogens is 1. The van der Waals surface area contributed by atoms with Crippen molar-refractivity contribution in [2.24, 2.45) is 5.92 Å². The van der Waals surface area contributed by atoms with Crippen LogP contribution in [0.1, 0.15) is 29.4 Å². The van der Waals surface area contributed by atoms with E-state index in [1.807, 2.05) is 38.1 Å². The van der Waals surface area contributed by atoms with Crippen molar-refractivity contribution in [3.8, 4) is 0 Å². The average molecular weight is 399 g/mol. The topological polar surface area (TPSA) is 78.3 Å². The van der Waals surface area contributed by atoms with Gasteiger partial charge in [-0.05, 0) is 44.6 Å². The van der Waals surface area contributed by atoms with E-state index in [2.05, 4.69) is 5.10 Å². The van der Waals surface area contributed by atoms with Gasteiger partial charge < -0.3 is 4.74 Å². The molecule has 0 N–H and O–H groups in total. The molecule has 0 saturated carbocycles. The second kappa shape index (κ2) is 7.94. The lowest BCUT2D eigenvalue weighted by Crippen LogP contribution is -2.34. The molecule has 3 rings (SSSR count). The predicted octanol–water partition coefficient (Wildman–Crippen LogP) is 3.43. The third kappa shape index (κ3) is 3.97. The first-order chi connectivity index (χ1) is 13.3. The molecular weight excluding hydrogens is 380 g/mol. The van der Waals surface area contributed by atoms with E-state index in [4.69, 9.17) is 16.3 Å². The Labute approximate surface area is 167 Å². The zero-order valence-electron chi connectivity index (χ0n) is 15.7. The molecule has 1 aliphatic heterocycles. The molecule has 28 heavy (non-hydrogen) atoms. The number of hydrogen-bond donors (Lipinski definition) is 0. The minimum absolute atomic E-state index is 0.190. The monoisotopic (exact) mass is 398 g/mol. The third-order valence-corrected chi connectivity index (χ3v) is 4.91. The van der Waals surface area contributed by atoms with Crippen LogP contribution in [0.3, 0.4) is 0 Å². The largest absolute Gasteiger partial charge is 0.430 e. The summed E-state index contributed by atoms with van der Waals surface area (Å²) in [6, 6.07) is 7.51. The van der Waals surface area contributed by atoms with E-state index in [9.17, 15) is 14.4 Å². The maximum atomic E-state index is 12.4. The number of nitrogens with zero attached hydrogens (tertiary/aromatic N) is 2. The van der Waals surface area contributed by atoms with Gasteiger partial charge in [0.2, 0.25) is 0 Å². The lowest BCUT2D eigenvalue weighted by atomic mass is 9.95. The van der Waals surface area contributed by atoms with Crippen molar-refractivity contribution in [2.75, 3.05) is 0 Å². The quantitative estimate of drug-likeness (QED) is 0.438. The molecule has 1 aliphatic rings. The van der Waals surface area contributed by atoms with E-state index in [0.29, 0.717) is 11.6 Å². The molecule has 0 amide bonds. The summed E-state index contributed by atoms with van der Waals surface area (Å²) in [5.74, 6) is -3.28. The van der Waals surface area contributed by atoms with E-state index in [0.717, 1.165) is 28.6 Å². The Morgan fingerprint density at radius 2 is 1.96 bits per heavy atom. The molecule has 1 aromatic heterocycles. The minimum Gasteiger partial charge on any atom is -0.430 e. The maximum absolute atomic E-state index is 12.4. The van der Waals surface area contributed by atoms with Crippen LogP contribution in [0.2, 0.25) is 5.02 Å². The molecule has 0 fully saturated rings. The number of carbonyl (C=O) groups excluding carboxylic acids is 3. The second-order valence-electron chi connectivity index (χ2n) is 6.58. The number of allylic oxidation sites excluding steroid dienone is 3. The first kappa shape index (κ1) is 19.8. The third-order valence-electron chi connectivity index (χ3n) is 4.54. The zero-order chi connectivity index (χ0) is 20.4. The number of esters is 1. The molecule has 0 bridgehead atoms. The fraction of sp³-hybridized carbons (Fsp3) is 0.238. The van der Waals surface area contributed by atoms with Crippen LogP contribution >= 0.6 is 11.6 Å². The molecule has 2 aromatic rings. The summed E-state index contributed by atoms with van der Waals surface area (Å²) >= 11 is 6.22. The van der Waals surface area contributed by atoms with Crippen molar-refractivity contribution in [1.82, 2.24) is 9.78 Å². The molecular formula is C21H19ClN2O4. The minimum atomic E-state index is -1.45. The van der Waals surface area contributed by atoms with E-state index < -0.39 is 23.5 Å². The van der Waals surface area contributed by atoms with E-state index in [-0.39, 0.29) is 5.76 Å². The van der Waals surface area contributed by atoms with Gasteiger partial charge in [-0.2, -0.15) is 5.10 Å². The standard InChI is InChI=1S/C21H19ClN2O4/c1-12-10-19(26)20(21(27)28-12)18(25)9-8-16-13(2)23-24(14(16)3)11-15-6-4-5-7-17(15)22/h4-10,20H,11H2,1-3H3/b9-8+. The maximum Gasteiger partial charge on any atom is 0.329 e. The van der Waals surface area contributed by atoms with Crippen molar-refractivity contribution in [1.29, 1.82) is 0 Å². The Morgan fingerprint density at radius 3 is 2.64 bits per heavy atom. The number of ketones is 2. The molecule has 6 nitrogen and oxygen atoms in total. The molecule has 1 aromatic carbocycles. The van der Waals surface area contributed by atoms with Gasteiger partial charge in [0.05, 0.1) is 12.2 Å². The van der Waals surface area contributed by atoms with Crippen molar-refractivity contribution < 1.29 is 19.1 Å². The first-order valence-corrected chi connectivity index (χ1v) is 9.09. The number of aryl methyl sites for hydroxylation is 1. The summed E-state index contributed by atoms with van der Waals surface area (Å²) in [4.78, 5) is 36.2. The lowest BCUT2D eigenvalue weighted by Gasteiger charge is -2.15. The highest BCUT2D eigenvalue weighted by molar-refractivity contribution is 6.31. The molecule has 0 aliphatic carbocycles. The Balaban J connectivity index is 1.82. The van der Waals surface area contributed by atoms with Crippen LogP contribution in [0.5, 0.6) is 0 Å². The van der Waals surface area contributed by atoms with Crippen molar-refractivity contribution >= 4 is 35.2 Å². The summed E-state index contributed by atoms with van der Waals surface area (Å²) in [6.45, 7) is 5.69.